The fourth-order valence-electron chi connectivity index (χ4n) is 1.99. The van der Waals surface area contributed by atoms with E-state index < -0.39 is 11.4 Å². The summed E-state index contributed by atoms with van der Waals surface area (Å²) >= 11 is 0. The van der Waals surface area contributed by atoms with E-state index in [0.29, 0.717) is 17.2 Å². The van der Waals surface area contributed by atoms with Crippen molar-refractivity contribution in [1.82, 2.24) is 5.32 Å². The zero-order valence-electron chi connectivity index (χ0n) is 11.3. The maximum atomic E-state index is 11.8. The Morgan fingerprint density at radius 3 is 2.79 bits per heavy atom. The molecule has 5 heteroatoms. The van der Waals surface area contributed by atoms with Crippen LogP contribution in [0.25, 0.3) is 0 Å². The Morgan fingerprint density at radius 2 is 2.26 bits per heavy atom. The molecule has 1 amide bonds. The Labute approximate surface area is 112 Å². The topological polar surface area (TPSA) is 84.6 Å². The molecular formula is C14H20N2O3. The zero-order valence-corrected chi connectivity index (χ0v) is 11.3. The Bertz CT molecular complexity index is 486. The van der Waals surface area contributed by atoms with Gasteiger partial charge in [-0.15, -0.1) is 0 Å². The first-order chi connectivity index (χ1) is 8.97. The number of primary amides is 1. The van der Waals surface area contributed by atoms with Gasteiger partial charge in [0.15, 0.2) is 11.5 Å². The average molecular weight is 264 g/mol. The van der Waals surface area contributed by atoms with Crippen molar-refractivity contribution in [2.75, 3.05) is 13.7 Å². The van der Waals surface area contributed by atoms with Gasteiger partial charge in [-0.3, -0.25) is 10.1 Å². The SMILES string of the molecule is COc1cc(C(C)(NCC2CC2)C(N)=O)ccc1O. The molecule has 0 saturated heterocycles. The molecule has 0 aromatic heterocycles. The lowest BCUT2D eigenvalue weighted by molar-refractivity contribution is -0.124. The highest BCUT2D eigenvalue weighted by molar-refractivity contribution is 5.86. The number of hydrogen-bond donors (Lipinski definition) is 3. The molecule has 0 radical (unpaired) electrons. The lowest BCUT2D eigenvalue weighted by Gasteiger charge is -2.28. The number of hydrogen-bond acceptors (Lipinski definition) is 4. The number of carbonyl (C=O) groups is 1. The van der Waals surface area contributed by atoms with Crippen molar-refractivity contribution in [1.29, 1.82) is 0 Å². The lowest BCUT2D eigenvalue weighted by Crippen LogP contribution is -2.51. The van der Waals surface area contributed by atoms with E-state index in [-0.39, 0.29) is 5.75 Å². The summed E-state index contributed by atoms with van der Waals surface area (Å²) in [5.74, 6) is 0.567. The molecule has 1 fully saturated rings. The molecule has 104 valence electrons. The molecule has 1 aromatic carbocycles. The van der Waals surface area contributed by atoms with Crippen LogP contribution in [0.15, 0.2) is 18.2 Å². The van der Waals surface area contributed by atoms with E-state index in [4.69, 9.17) is 10.5 Å². The number of benzene rings is 1. The van der Waals surface area contributed by atoms with Crippen LogP contribution in [0.2, 0.25) is 0 Å². The summed E-state index contributed by atoms with van der Waals surface area (Å²) in [5, 5.41) is 12.8. The molecule has 5 nitrogen and oxygen atoms in total. The van der Waals surface area contributed by atoms with Gasteiger partial charge in [-0.05, 0) is 49.9 Å². The van der Waals surface area contributed by atoms with Gasteiger partial charge in [0, 0.05) is 0 Å². The number of methoxy groups -OCH3 is 1. The largest absolute Gasteiger partial charge is 0.504 e. The van der Waals surface area contributed by atoms with Gasteiger partial charge in [0.2, 0.25) is 5.91 Å². The molecule has 1 aromatic rings. The Hall–Kier alpha value is -1.75. The average Bonchev–Trinajstić information content (AvgIpc) is 3.20. The molecule has 1 aliphatic rings. The molecule has 1 atom stereocenters. The number of carbonyl (C=O) groups excluding carboxylic acids is 1. The highest BCUT2D eigenvalue weighted by Crippen LogP contribution is 2.33. The highest BCUT2D eigenvalue weighted by atomic mass is 16.5. The molecule has 0 aliphatic heterocycles. The van der Waals surface area contributed by atoms with E-state index in [9.17, 15) is 9.90 Å². The van der Waals surface area contributed by atoms with Crippen LogP contribution >= 0.6 is 0 Å². The summed E-state index contributed by atoms with van der Waals surface area (Å²) in [6.07, 6.45) is 2.39. The maximum Gasteiger partial charge on any atom is 0.242 e. The Morgan fingerprint density at radius 1 is 1.58 bits per heavy atom. The smallest absolute Gasteiger partial charge is 0.242 e. The second-order valence-electron chi connectivity index (χ2n) is 5.20. The van der Waals surface area contributed by atoms with Crippen molar-refractivity contribution in [3.63, 3.8) is 0 Å². The number of nitrogens with one attached hydrogen (secondary N) is 1. The van der Waals surface area contributed by atoms with Gasteiger partial charge in [0.1, 0.15) is 5.54 Å². The number of amides is 1. The van der Waals surface area contributed by atoms with Crippen molar-refractivity contribution < 1.29 is 14.6 Å². The standard InChI is InChI=1S/C14H20N2O3/c1-14(13(15)18,16-8-9-3-4-9)10-5-6-11(17)12(7-10)19-2/h5-7,9,16-17H,3-4,8H2,1-2H3,(H2,15,18). The van der Waals surface area contributed by atoms with Crippen LogP contribution in [0.5, 0.6) is 11.5 Å². The third kappa shape index (κ3) is 2.81. The van der Waals surface area contributed by atoms with Gasteiger partial charge >= 0.3 is 0 Å². The van der Waals surface area contributed by atoms with E-state index in [2.05, 4.69) is 5.32 Å². The third-order valence-electron chi connectivity index (χ3n) is 3.69. The van der Waals surface area contributed by atoms with E-state index in [1.54, 1.807) is 19.1 Å². The Balaban J connectivity index is 2.28. The van der Waals surface area contributed by atoms with Crippen LogP contribution in [0, 0.1) is 5.92 Å². The van der Waals surface area contributed by atoms with Crippen LogP contribution < -0.4 is 15.8 Å². The van der Waals surface area contributed by atoms with Gasteiger partial charge in [-0.25, -0.2) is 0 Å². The quantitative estimate of drug-likeness (QED) is 0.718. The number of rotatable bonds is 6. The fourth-order valence-corrected chi connectivity index (χ4v) is 1.99. The van der Waals surface area contributed by atoms with Gasteiger partial charge in [-0.2, -0.15) is 0 Å². The summed E-state index contributed by atoms with van der Waals surface area (Å²) in [7, 11) is 1.47. The van der Waals surface area contributed by atoms with Crippen molar-refractivity contribution >= 4 is 5.91 Å². The Kier molecular flexibility index (Phi) is 3.66. The minimum absolute atomic E-state index is 0.0419. The van der Waals surface area contributed by atoms with Crippen LogP contribution in [-0.2, 0) is 10.3 Å². The van der Waals surface area contributed by atoms with Crippen LogP contribution in [0.4, 0.5) is 0 Å². The summed E-state index contributed by atoms with van der Waals surface area (Å²) in [5.41, 5.74) is 5.27. The van der Waals surface area contributed by atoms with E-state index in [1.165, 1.54) is 26.0 Å². The number of phenols is 1. The van der Waals surface area contributed by atoms with Crippen molar-refractivity contribution in [2.45, 2.75) is 25.3 Å². The number of phenolic OH excluding ortho intramolecular Hbond substituents is 1. The molecule has 4 N–H and O–H groups in total. The molecule has 2 rings (SSSR count). The van der Waals surface area contributed by atoms with Gasteiger partial charge in [0.05, 0.1) is 7.11 Å². The summed E-state index contributed by atoms with van der Waals surface area (Å²) in [6.45, 7) is 2.52. The highest BCUT2D eigenvalue weighted by Gasteiger charge is 2.35. The molecule has 0 bridgehead atoms. The summed E-state index contributed by atoms with van der Waals surface area (Å²) in [4.78, 5) is 11.8. The van der Waals surface area contributed by atoms with Crippen molar-refractivity contribution in [3.8, 4) is 11.5 Å². The molecule has 0 heterocycles. The monoisotopic (exact) mass is 264 g/mol. The second kappa shape index (κ2) is 5.09. The molecule has 1 aliphatic carbocycles. The van der Waals surface area contributed by atoms with Crippen LogP contribution in [-0.4, -0.2) is 24.7 Å². The molecule has 1 unspecified atom stereocenters. The normalized spacial score (nSPS) is 17.8. The number of aromatic hydroxyl groups is 1. The predicted molar refractivity (Wildman–Crippen MR) is 71.9 cm³/mol. The molecule has 0 spiro atoms. The predicted octanol–water partition coefficient (Wildman–Crippen LogP) is 1.10. The van der Waals surface area contributed by atoms with Gasteiger partial charge in [-0.1, -0.05) is 6.07 Å². The molecule has 1 saturated carbocycles. The summed E-state index contributed by atoms with van der Waals surface area (Å²) in [6, 6.07) is 4.83. The minimum Gasteiger partial charge on any atom is -0.504 e. The molecule has 19 heavy (non-hydrogen) atoms. The van der Waals surface area contributed by atoms with Crippen LogP contribution in [0.3, 0.4) is 0 Å². The van der Waals surface area contributed by atoms with Crippen molar-refractivity contribution in [3.05, 3.63) is 23.8 Å². The minimum atomic E-state index is -0.955. The van der Waals surface area contributed by atoms with Crippen LogP contribution in [0.1, 0.15) is 25.3 Å². The number of ether oxygens (including phenoxy) is 1. The van der Waals surface area contributed by atoms with Gasteiger partial charge in [0.25, 0.3) is 0 Å². The zero-order chi connectivity index (χ0) is 14.0. The number of nitrogens with two attached hydrogens (primary N) is 1. The van der Waals surface area contributed by atoms with Crippen molar-refractivity contribution in [2.24, 2.45) is 11.7 Å². The first-order valence-electron chi connectivity index (χ1n) is 6.40. The molecular weight excluding hydrogens is 244 g/mol. The van der Waals surface area contributed by atoms with Gasteiger partial charge < -0.3 is 15.6 Å². The maximum absolute atomic E-state index is 11.8. The first kappa shape index (κ1) is 13.7. The second-order valence-corrected chi connectivity index (χ2v) is 5.20. The lowest BCUT2D eigenvalue weighted by atomic mass is 9.90. The first-order valence-corrected chi connectivity index (χ1v) is 6.40. The van der Waals surface area contributed by atoms with E-state index in [0.717, 1.165) is 6.54 Å². The summed E-state index contributed by atoms with van der Waals surface area (Å²) < 4.78 is 5.07. The third-order valence-corrected chi connectivity index (χ3v) is 3.69. The van der Waals surface area contributed by atoms with E-state index in [1.807, 2.05) is 0 Å². The van der Waals surface area contributed by atoms with E-state index >= 15 is 0 Å². The fraction of sp³-hybridized carbons (Fsp3) is 0.500.